The lowest BCUT2D eigenvalue weighted by Gasteiger charge is -2.25. The third-order valence-electron chi connectivity index (χ3n) is 2.55. The Morgan fingerprint density at radius 1 is 1.53 bits per heavy atom. The molecule has 0 aromatic heterocycles. The van der Waals surface area contributed by atoms with Crippen LogP contribution < -0.4 is 0 Å². The zero-order chi connectivity index (χ0) is 11.4. The van der Waals surface area contributed by atoms with Gasteiger partial charge in [0.15, 0.2) is 0 Å². The molecule has 3 unspecified atom stereocenters. The van der Waals surface area contributed by atoms with Gasteiger partial charge in [-0.2, -0.15) is 0 Å². The molecule has 0 aromatic rings. The van der Waals surface area contributed by atoms with Crippen LogP contribution >= 0.6 is 0 Å². The molecule has 1 aliphatic rings. The SMILES string of the molecule is CC(C)C(C(=O)O)S(=O)C1CCCOC1. The van der Waals surface area contributed by atoms with E-state index in [0.29, 0.717) is 13.2 Å². The number of aliphatic carboxylic acids is 1. The molecule has 4 nitrogen and oxygen atoms in total. The highest BCUT2D eigenvalue weighted by Crippen LogP contribution is 2.20. The Morgan fingerprint density at radius 3 is 2.60 bits per heavy atom. The van der Waals surface area contributed by atoms with Gasteiger partial charge in [0, 0.05) is 17.4 Å². The van der Waals surface area contributed by atoms with E-state index in [0.717, 1.165) is 12.8 Å². The molecule has 1 saturated heterocycles. The van der Waals surface area contributed by atoms with Crippen LogP contribution in [0.3, 0.4) is 0 Å². The Bertz CT molecular complexity index is 246. The molecule has 1 aliphatic heterocycles. The summed E-state index contributed by atoms with van der Waals surface area (Å²) in [6.45, 7) is 4.72. The number of rotatable bonds is 4. The molecule has 1 rings (SSSR count). The first kappa shape index (κ1) is 12.6. The summed E-state index contributed by atoms with van der Waals surface area (Å²) >= 11 is 0. The normalized spacial score (nSPS) is 26.2. The van der Waals surface area contributed by atoms with Crippen LogP contribution in [0.5, 0.6) is 0 Å². The summed E-state index contributed by atoms with van der Waals surface area (Å²) in [6, 6.07) is 0. The Balaban J connectivity index is 2.66. The maximum atomic E-state index is 12.0. The van der Waals surface area contributed by atoms with Crippen molar-refractivity contribution in [3.8, 4) is 0 Å². The van der Waals surface area contributed by atoms with Crippen LogP contribution in [-0.4, -0.2) is 39.0 Å². The minimum absolute atomic E-state index is 0.106. The van der Waals surface area contributed by atoms with E-state index in [1.165, 1.54) is 0 Å². The van der Waals surface area contributed by atoms with Gasteiger partial charge in [0.2, 0.25) is 0 Å². The quantitative estimate of drug-likeness (QED) is 0.789. The van der Waals surface area contributed by atoms with Crippen LogP contribution in [-0.2, 0) is 20.3 Å². The summed E-state index contributed by atoms with van der Waals surface area (Å²) in [7, 11) is -1.33. The van der Waals surface area contributed by atoms with Crippen molar-refractivity contribution in [2.45, 2.75) is 37.2 Å². The lowest BCUT2D eigenvalue weighted by atomic mass is 10.1. The second-order valence-corrected chi connectivity index (χ2v) is 6.00. The van der Waals surface area contributed by atoms with Gasteiger partial charge in [-0.15, -0.1) is 0 Å². The first-order valence-electron chi connectivity index (χ1n) is 5.24. The van der Waals surface area contributed by atoms with Gasteiger partial charge in [0.1, 0.15) is 5.25 Å². The highest BCUT2D eigenvalue weighted by atomic mass is 32.2. The number of carbonyl (C=O) groups is 1. The first-order chi connectivity index (χ1) is 7.04. The standard InChI is InChI=1S/C10H18O4S/c1-7(2)9(10(11)12)15(13)8-4-3-5-14-6-8/h7-9H,3-6H2,1-2H3,(H,11,12). The van der Waals surface area contributed by atoms with Gasteiger partial charge < -0.3 is 9.84 Å². The highest BCUT2D eigenvalue weighted by molar-refractivity contribution is 7.87. The van der Waals surface area contributed by atoms with Crippen LogP contribution in [0.25, 0.3) is 0 Å². The first-order valence-corrected chi connectivity index (χ1v) is 6.51. The molecule has 5 heteroatoms. The lowest BCUT2D eigenvalue weighted by molar-refractivity contribution is -0.137. The van der Waals surface area contributed by atoms with E-state index in [1.807, 2.05) is 0 Å². The predicted octanol–water partition coefficient (Wildman–Crippen LogP) is 1.02. The smallest absolute Gasteiger partial charge is 0.319 e. The van der Waals surface area contributed by atoms with Gasteiger partial charge in [-0.25, -0.2) is 0 Å². The fraction of sp³-hybridized carbons (Fsp3) is 0.900. The van der Waals surface area contributed by atoms with Crippen molar-refractivity contribution in [3.05, 3.63) is 0 Å². The summed E-state index contributed by atoms with van der Waals surface area (Å²) in [5.41, 5.74) is 0. The molecule has 0 aromatic carbocycles. The van der Waals surface area contributed by atoms with E-state index in [-0.39, 0.29) is 11.2 Å². The number of carboxylic acid groups (broad SMARTS) is 1. The molecule has 1 heterocycles. The van der Waals surface area contributed by atoms with Crippen LogP contribution in [0.1, 0.15) is 26.7 Å². The topological polar surface area (TPSA) is 63.6 Å². The average molecular weight is 234 g/mol. The Hall–Kier alpha value is -0.420. The molecule has 1 N–H and O–H groups in total. The Morgan fingerprint density at radius 2 is 2.20 bits per heavy atom. The summed E-state index contributed by atoms with van der Waals surface area (Å²) in [4.78, 5) is 11.0. The maximum Gasteiger partial charge on any atom is 0.319 e. The van der Waals surface area contributed by atoms with Crippen molar-refractivity contribution in [1.29, 1.82) is 0 Å². The van der Waals surface area contributed by atoms with Crippen molar-refractivity contribution in [2.24, 2.45) is 5.92 Å². The van der Waals surface area contributed by atoms with E-state index in [1.54, 1.807) is 13.8 Å². The van der Waals surface area contributed by atoms with Gasteiger partial charge in [0.25, 0.3) is 0 Å². The molecule has 88 valence electrons. The molecule has 15 heavy (non-hydrogen) atoms. The molecule has 0 bridgehead atoms. The van der Waals surface area contributed by atoms with Crippen molar-refractivity contribution in [2.75, 3.05) is 13.2 Å². The average Bonchev–Trinajstić information content (AvgIpc) is 2.18. The van der Waals surface area contributed by atoms with Crippen molar-refractivity contribution >= 4 is 16.8 Å². The van der Waals surface area contributed by atoms with Gasteiger partial charge >= 0.3 is 5.97 Å². The van der Waals surface area contributed by atoms with Gasteiger partial charge in [0.05, 0.1) is 11.9 Å². The second kappa shape index (κ2) is 5.61. The number of hydrogen-bond acceptors (Lipinski definition) is 3. The minimum atomic E-state index is -1.33. The van der Waals surface area contributed by atoms with E-state index in [4.69, 9.17) is 9.84 Å². The summed E-state index contributed by atoms with van der Waals surface area (Å²) < 4.78 is 17.3. The van der Waals surface area contributed by atoms with Crippen molar-refractivity contribution in [1.82, 2.24) is 0 Å². The van der Waals surface area contributed by atoms with Gasteiger partial charge in [-0.3, -0.25) is 9.00 Å². The monoisotopic (exact) mass is 234 g/mol. The molecule has 0 radical (unpaired) electrons. The van der Waals surface area contributed by atoms with Crippen LogP contribution in [0, 0.1) is 5.92 Å². The zero-order valence-electron chi connectivity index (χ0n) is 9.14. The third-order valence-corrected chi connectivity index (χ3v) is 4.82. The van der Waals surface area contributed by atoms with Crippen LogP contribution in [0.2, 0.25) is 0 Å². The van der Waals surface area contributed by atoms with E-state index in [9.17, 15) is 9.00 Å². The van der Waals surface area contributed by atoms with Crippen LogP contribution in [0.4, 0.5) is 0 Å². The van der Waals surface area contributed by atoms with Crippen molar-refractivity contribution in [3.63, 3.8) is 0 Å². The van der Waals surface area contributed by atoms with E-state index >= 15 is 0 Å². The van der Waals surface area contributed by atoms with E-state index < -0.39 is 22.0 Å². The Labute approximate surface area is 92.5 Å². The second-order valence-electron chi connectivity index (χ2n) is 4.17. The molecule has 0 aliphatic carbocycles. The number of carboxylic acids is 1. The molecule has 1 fully saturated rings. The maximum absolute atomic E-state index is 12.0. The Kier molecular flexibility index (Phi) is 4.73. The number of hydrogen-bond donors (Lipinski definition) is 1. The predicted molar refractivity (Wildman–Crippen MR) is 58.2 cm³/mol. The third kappa shape index (κ3) is 3.28. The number of ether oxygens (including phenoxy) is 1. The molecule has 0 amide bonds. The summed E-state index contributed by atoms with van der Waals surface area (Å²) in [5.74, 6) is -1.07. The molecule has 0 spiro atoms. The largest absolute Gasteiger partial charge is 0.480 e. The van der Waals surface area contributed by atoms with Crippen LogP contribution in [0.15, 0.2) is 0 Å². The zero-order valence-corrected chi connectivity index (χ0v) is 9.96. The summed E-state index contributed by atoms with van der Waals surface area (Å²) in [5, 5.41) is 8.13. The molecule has 3 atom stereocenters. The lowest BCUT2D eigenvalue weighted by Crippen LogP contribution is -2.39. The molecular weight excluding hydrogens is 216 g/mol. The highest BCUT2D eigenvalue weighted by Gasteiger charge is 2.34. The van der Waals surface area contributed by atoms with Crippen molar-refractivity contribution < 1.29 is 18.8 Å². The fourth-order valence-corrected chi connectivity index (χ4v) is 3.53. The summed E-state index contributed by atoms with van der Waals surface area (Å²) in [6.07, 6.45) is 1.68. The van der Waals surface area contributed by atoms with E-state index in [2.05, 4.69) is 0 Å². The molecule has 0 saturated carbocycles. The van der Waals surface area contributed by atoms with Gasteiger partial charge in [-0.05, 0) is 18.8 Å². The molecular formula is C10H18O4S. The van der Waals surface area contributed by atoms with Gasteiger partial charge in [-0.1, -0.05) is 13.8 Å². The minimum Gasteiger partial charge on any atom is -0.480 e. The fourth-order valence-electron chi connectivity index (χ4n) is 1.75.